The van der Waals surface area contributed by atoms with E-state index in [1.54, 1.807) is 0 Å². The Kier molecular flexibility index (Phi) is 3.18. The Morgan fingerprint density at radius 2 is 2.13 bits per heavy atom. The van der Waals surface area contributed by atoms with Crippen molar-refractivity contribution in [2.24, 2.45) is 5.73 Å². The Morgan fingerprint density at radius 1 is 1.40 bits per heavy atom. The lowest BCUT2D eigenvalue weighted by molar-refractivity contribution is 0.135. The lowest BCUT2D eigenvalue weighted by Crippen LogP contribution is -2.36. The Bertz CT molecular complexity index is 367. The summed E-state index contributed by atoms with van der Waals surface area (Å²) >= 11 is 5.22. The molecule has 1 aromatic carbocycles. The lowest BCUT2D eigenvalue weighted by atomic mass is 10.2. The molecule has 1 heterocycles. The highest BCUT2D eigenvalue weighted by Gasteiger charge is 2.23. The maximum atomic E-state index is 5.72. The van der Waals surface area contributed by atoms with Gasteiger partial charge in [0.15, 0.2) is 17.6 Å². The van der Waals surface area contributed by atoms with Gasteiger partial charge in [0.1, 0.15) is 6.61 Å². The van der Waals surface area contributed by atoms with Gasteiger partial charge in [-0.2, -0.15) is 0 Å². The van der Waals surface area contributed by atoms with Crippen molar-refractivity contribution < 1.29 is 9.47 Å². The fraction of sp³-hybridized carbons (Fsp3) is 0.364. The summed E-state index contributed by atoms with van der Waals surface area (Å²) in [4.78, 5) is 0.826. The van der Waals surface area contributed by atoms with Crippen LogP contribution in [0.5, 0.6) is 11.5 Å². The summed E-state index contributed by atoms with van der Waals surface area (Å²) in [5, 5.41) is 0. The van der Waals surface area contributed by atoms with Crippen LogP contribution >= 0.6 is 12.2 Å². The smallest absolute Gasteiger partial charge is 0.164 e. The van der Waals surface area contributed by atoms with Gasteiger partial charge in [0, 0.05) is 4.86 Å². The number of hydrogen-bond donors (Lipinski definition) is 1. The number of ether oxygens (including phenoxy) is 2. The van der Waals surface area contributed by atoms with E-state index in [2.05, 4.69) is 0 Å². The van der Waals surface area contributed by atoms with Crippen molar-refractivity contribution in [3.8, 4) is 11.5 Å². The summed E-state index contributed by atoms with van der Waals surface area (Å²) in [5.74, 6) is 1.54. The fourth-order valence-corrected chi connectivity index (χ4v) is 1.72. The van der Waals surface area contributed by atoms with E-state index in [9.17, 15) is 0 Å². The van der Waals surface area contributed by atoms with E-state index in [4.69, 9.17) is 27.4 Å². The first-order chi connectivity index (χ1) is 7.31. The fourth-order valence-electron chi connectivity index (χ4n) is 1.48. The minimum atomic E-state index is -0.140. The molecule has 2 N–H and O–H groups in total. The van der Waals surface area contributed by atoms with Gasteiger partial charge in [-0.1, -0.05) is 24.4 Å². The molecule has 0 saturated carbocycles. The van der Waals surface area contributed by atoms with Crippen LogP contribution in [0.2, 0.25) is 0 Å². The molecule has 15 heavy (non-hydrogen) atoms. The number of para-hydroxylation sites is 2. The number of nitrogens with two attached hydrogens (primary N) is 1. The van der Waals surface area contributed by atoms with E-state index in [0.29, 0.717) is 19.6 Å². The second kappa shape index (κ2) is 4.59. The van der Waals surface area contributed by atoms with Crippen LogP contribution in [0.15, 0.2) is 24.3 Å². The quantitative estimate of drug-likeness (QED) is 0.790. The Hall–Kier alpha value is -1.13. The van der Waals surface area contributed by atoms with Gasteiger partial charge in [0.2, 0.25) is 0 Å². The van der Waals surface area contributed by atoms with Gasteiger partial charge in [-0.25, -0.2) is 0 Å². The molecule has 0 aromatic heterocycles. The zero-order valence-electron chi connectivity index (χ0n) is 8.31. The van der Waals surface area contributed by atoms with Crippen LogP contribution < -0.4 is 15.2 Å². The Labute approximate surface area is 94.2 Å². The number of thiocarbonyl (C=S) groups is 1. The average molecular weight is 223 g/mol. The monoisotopic (exact) mass is 223 g/mol. The van der Waals surface area contributed by atoms with Crippen molar-refractivity contribution in [2.75, 3.05) is 13.2 Å². The van der Waals surface area contributed by atoms with Crippen molar-refractivity contribution in [1.29, 1.82) is 0 Å². The zero-order chi connectivity index (χ0) is 10.7. The molecule has 0 amide bonds. The van der Waals surface area contributed by atoms with Crippen molar-refractivity contribution in [2.45, 2.75) is 12.5 Å². The van der Waals surface area contributed by atoms with Gasteiger partial charge < -0.3 is 15.2 Å². The molecular weight excluding hydrogens is 210 g/mol. The topological polar surface area (TPSA) is 44.5 Å². The molecule has 1 aromatic rings. The van der Waals surface area contributed by atoms with E-state index in [1.807, 2.05) is 24.3 Å². The predicted octanol–water partition coefficient (Wildman–Crippen LogP) is 1.55. The van der Waals surface area contributed by atoms with Crippen LogP contribution in [0.1, 0.15) is 6.42 Å². The molecule has 0 bridgehead atoms. The highest BCUT2D eigenvalue weighted by atomic mass is 32.1. The molecule has 0 radical (unpaired) electrons. The Morgan fingerprint density at radius 3 is 2.87 bits per heavy atom. The largest absolute Gasteiger partial charge is 0.485 e. The SMILES string of the molecule is NCCC(=S)C1COc2ccccc2O1. The lowest BCUT2D eigenvalue weighted by Gasteiger charge is -2.26. The van der Waals surface area contributed by atoms with Crippen molar-refractivity contribution in [3.63, 3.8) is 0 Å². The third kappa shape index (κ3) is 2.27. The molecular formula is C11H13NO2S. The van der Waals surface area contributed by atoms with E-state index in [0.717, 1.165) is 16.4 Å². The first kappa shape index (κ1) is 10.4. The van der Waals surface area contributed by atoms with Crippen molar-refractivity contribution in [1.82, 2.24) is 0 Å². The van der Waals surface area contributed by atoms with Gasteiger partial charge >= 0.3 is 0 Å². The van der Waals surface area contributed by atoms with Crippen LogP contribution in [0, 0.1) is 0 Å². The normalized spacial score (nSPS) is 18.6. The van der Waals surface area contributed by atoms with Gasteiger partial charge in [-0.15, -0.1) is 0 Å². The second-order valence-corrected chi connectivity index (χ2v) is 3.89. The molecule has 3 nitrogen and oxygen atoms in total. The van der Waals surface area contributed by atoms with E-state index < -0.39 is 0 Å². The maximum absolute atomic E-state index is 5.72. The van der Waals surface area contributed by atoms with Crippen molar-refractivity contribution >= 4 is 17.1 Å². The second-order valence-electron chi connectivity index (χ2n) is 3.37. The highest BCUT2D eigenvalue weighted by molar-refractivity contribution is 7.80. The number of benzene rings is 1. The number of rotatable bonds is 3. The van der Waals surface area contributed by atoms with Crippen LogP contribution in [0.3, 0.4) is 0 Å². The van der Waals surface area contributed by atoms with Crippen LogP contribution in [0.25, 0.3) is 0 Å². The van der Waals surface area contributed by atoms with Gasteiger partial charge in [-0.05, 0) is 25.1 Å². The standard InChI is InChI=1S/C11H13NO2S/c12-6-5-11(15)10-7-13-8-3-1-2-4-9(8)14-10/h1-4,10H,5-7,12H2. The first-order valence-corrected chi connectivity index (χ1v) is 5.33. The van der Waals surface area contributed by atoms with Crippen LogP contribution in [0.4, 0.5) is 0 Å². The predicted molar refractivity (Wildman–Crippen MR) is 62.6 cm³/mol. The van der Waals surface area contributed by atoms with E-state index >= 15 is 0 Å². The number of hydrogen-bond acceptors (Lipinski definition) is 4. The molecule has 1 aliphatic heterocycles. The van der Waals surface area contributed by atoms with Crippen LogP contribution in [-0.4, -0.2) is 24.1 Å². The van der Waals surface area contributed by atoms with E-state index in [-0.39, 0.29) is 6.10 Å². The summed E-state index contributed by atoms with van der Waals surface area (Å²) in [6.07, 6.45) is 0.560. The van der Waals surface area contributed by atoms with Gasteiger partial charge in [0.05, 0.1) is 0 Å². The summed E-state index contributed by atoms with van der Waals surface area (Å²) in [6, 6.07) is 7.60. The maximum Gasteiger partial charge on any atom is 0.164 e. The van der Waals surface area contributed by atoms with Gasteiger partial charge in [-0.3, -0.25) is 0 Å². The summed E-state index contributed by atoms with van der Waals surface area (Å²) < 4.78 is 11.3. The third-order valence-corrected chi connectivity index (χ3v) is 2.73. The summed E-state index contributed by atoms with van der Waals surface area (Å²) in [5.41, 5.74) is 5.45. The van der Waals surface area contributed by atoms with Gasteiger partial charge in [0.25, 0.3) is 0 Å². The van der Waals surface area contributed by atoms with Crippen molar-refractivity contribution in [3.05, 3.63) is 24.3 Å². The number of fused-ring (bicyclic) bond motifs is 1. The molecule has 1 aliphatic rings. The minimum Gasteiger partial charge on any atom is -0.485 e. The van der Waals surface area contributed by atoms with E-state index in [1.165, 1.54) is 0 Å². The molecule has 4 heteroatoms. The molecule has 0 spiro atoms. The van der Waals surface area contributed by atoms with Crippen LogP contribution in [-0.2, 0) is 0 Å². The molecule has 0 fully saturated rings. The average Bonchev–Trinajstić information content (AvgIpc) is 2.29. The zero-order valence-corrected chi connectivity index (χ0v) is 9.13. The molecule has 1 atom stereocenters. The third-order valence-electron chi connectivity index (χ3n) is 2.26. The molecule has 2 rings (SSSR count). The molecule has 80 valence electrons. The summed E-state index contributed by atoms with van der Waals surface area (Å²) in [7, 11) is 0. The summed E-state index contributed by atoms with van der Waals surface area (Å²) in [6.45, 7) is 1.04. The Balaban J connectivity index is 2.08. The molecule has 0 saturated heterocycles. The molecule has 0 aliphatic carbocycles. The highest BCUT2D eigenvalue weighted by Crippen LogP contribution is 2.31. The molecule has 1 unspecified atom stereocenters. The first-order valence-electron chi connectivity index (χ1n) is 4.92. The minimum absolute atomic E-state index is 0.140.